The third-order valence-electron chi connectivity index (χ3n) is 4.46. The van der Waals surface area contributed by atoms with E-state index in [0.29, 0.717) is 45.8 Å². The molecule has 4 aromatic heterocycles. The number of nitrogens with zero attached hydrogens (tertiary/aromatic N) is 5. The number of aromatic nitrogens is 6. The molecule has 0 saturated carbocycles. The summed E-state index contributed by atoms with van der Waals surface area (Å²) in [5.74, 6) is 2.53. The molecular weight excluding hydrogens is 384 g/mol. The van der Waals surface area contributed by atoms with Gasteiger partial charge in [0, 0.05) is 24.8 Å². The molecule has 30 heavy (non-hydrogen) atoms. The maximum absolute atomic E-state index is 9.81. The molecular formula is C21H16N6O3. The number of aliphatic hydroxyl groups excluding tert-OH is 1. The number of nitrogens with one attached hydrogen (secondary N) is 1. The fraction of sp³-hybridized carbons (Fsp3) is 0.0952. The largest absolute Gasteiger partial charge is 0.455 e. The summed E-state index contributed by atoms with van der Waals surface area (Å²) in [5.41, 5.74) is 3.42. The number of hydrogen-bond donors (Lipinski definition) is 2. The van der Waals surface area contributed by atoms with E-state index in [0.717, 1.165) is 11.2 Å². The number of aromatic amines is 1. The van der Waals surface area contributed by atoms with Crippen molar-refractivity contribution < 1.29 is 14.4 Å². The van der Waals surface area contributed by atoms with Gasteiger partial charge in [-0.05, 0) is 30.3 Å². The highest BCUT2D eigenvalue weighted by molar-refractivity contribution is 5.81. The van der Waals surface area contributed by atoms with E-state index in [1.165, 1.54) is 0 Å². The van der Waals surface area contributed by atoms with Crippen LogP contribution in [0, 0.1) is 6.92 Å². The molecule has 0 radical (unpaired) electrons. The first kappa shape index (κ1) is 18.0. The summed E-state index contributed by atoms with van der Waals surface area (Å²) in [7, 11) is 0. The van der Waals surface area contributed by atoms with Crippen molar-refractivity contribution in [3.8, 4) is 34.5 Å². The number of pyridine rings is 2. The smallest absolute Gasteiger partial charge is 0.223 e. The maximum Gasteiger partial charge on any atom is 0.223 e. The second-order valence-electron chi connectivity index (χ2n) is 6.55. The summed E-state index contributed by atoms with van der Waals surface area (Å²) in [6.07, 6.45) is 3.28. The van der Waals surface area contributed by atoms with Crippen molar-refractivity contribution in [1.29, 1.82) is 0 Å². The van der Waals surface area contributed by atoms with Crippen LogP contribution in [0.4, 0.5) is 0 Å². The summed E-state index contributed by atoms with van der Waals surface area (Å²) in [6, 6.07) is 12.7. The lowest BCUT2D eigenvalue weighted by molar-refractivity contribution is 0.276. The van der Waals surface area contributed by atoms with Crippen molar-refractivity contribution in [2.75, 3.05) is 0 Å². The van der Waals surface area contributed by atoms with Gasteiger partial charge < -0.3 is 19.4 Å². The molecule has 0 atom stereocenters. The van der Waals surface area contributed by atoms with Crippen LogP contribution in [-0.4, -0.2) is 35.2 Å². The number of rotatable bonds is 5. The summed E-state index contributed by atoms with van der Waals surface area (Å²) in [5, 5.41) is 13.7. The number of aryl methyl sites for hydroxylation is 1. The van der Waals surface area contributed by atoms with Gasteiger partial charge >= 0.3 is 0 Å². The zero-order valence-corrected chi connectivity index (χ0v) is 15.9. The molecule has 1 aromatic carbocycles. The first-order valence-corrected chi connectivity index (χ1v) is 9.19. The Hall–Kier alpha value is -4.11. The molecule has 0 aliphatic carbocycles. The SMILES string of the molecule is Cc1nc(-c2ccc(Oc3cc4nc(-c5ccccn5)[nH]c4cc3CO)cn2)no1. The van der Waals surface area contributed by atoms with E-state index in [2.05, 4.69) is 30.1 Å². The monoisotopic (exact) mass is 400 g/mol. The second-order valence-corrected chi connectivity index (χ2v) is 6.55. The Morgan fingerprint density at radius 2 is 2.00 bits per heavy atom. The van der Waals surface area contributed by atoms with E-state index in [9.17, 15) is 5.11 Å². The highest BCUT2D eigenvalue weighted by Crippen LogP contribution is 2.31. The zero-order valence-electron chi connectivity index (χ0n) is 15.9. The molecule has 9 nitrogen and oxygen atoms in total. The second kappa shape index (κ2) is 7.37. The third kappa shape index (κ3) is 3.38. The minimum absolute atomic E-state index is 0.184. The van der Waals surface area contributed by atoms with Crippen LogP contribution in [0.5, 0.6) is 11.5 Å². The lowest BCUT2D eigenvalue weighted by Crippen LogP contribution is -1.93. The summed E-state index contributed by atoms with van der Waals surface area (Å²) < 4.78 is 10.9. The van der Waals surface area contributed by atoms with Crippen molar-refractivity contribution >= 4 is 11.0 Å². The molecule has 148 valence electrons. The Labute approximate surface area is 170 Å². The van der Waals surface area contributed by atoms with Gasteiger partial charge in [-0.3, -0.25) is 4.98 Å². The van der Waals surface area contributed by atoms with E-state index in [4.69, 9.17) is 9.26 Å². The van der Waals surface area contributed by atoms with E-state index in [1.807, 2.05) is 24.3 Å². The molecule has 0 bridgehead atoms. The molecule has 0 aliphatic rings. The molecule has 0 amide bonds. The topological polar surface area (TPSA) is 123 Å². The lowest BCUT2D eigenvalue weighted by Gasteiger charge is -2.09. The Morgan fingerprint density at radius 1 is 1.07 bits per heavy atom. The first-order chi connectivity index (χ1) is 14.7. The van der Waals surface area contributed by atoms with Gasteiger partial charge in [-0.2, -0.15) is 4.98 Å². The molecule has 0 saturated heterocycles. The summed E-state index contributed by atoms with van der Waals surface area (Å²) in [4.78, 5) is 20.6. The maximum atomic E-state index is 9.81. The van der Waals surface area contributed by atoms with Gasteiger partial charge in [0.1, 0.15) is 22.9 Å². The Morgan fingerprint density at radius 3 is 2.70 bits per heavy atom. The van der Waals surface area contributed by atoms with E-state index in [-0.39, 0.29) is 6.61 Å². The average molecular weight is 400 g/mol. The van der Waals surface area contributed by atoms with Crippen LogP contribution in [0.1, 0.15) is 11.5 Å². The fourth-order valence-electron chi connectivity index (χ4n) is 3.03. The highest BCUT2D eigenvalue weighted by Gasteiger charge is 2.13. The normalized spacial score (nSPS) is 11.1. The van der Waals surface area contributed by atoms with E-state index >= 15 is 0 Å². The average Bonchev–Trinajstić information content (AvgIpc) is 3.40. The number of imidazole rings is 1. The summed E-state index contributed by atoms with van der Waals surface area (Å²) >= 11 is 0. The third-order valence-corrected chi connectivity index (χ3v) is 4.46. The number of hydrogen-bond acceptors (Lipinski definition) is 8. The molecule has 0 unspecified atom stereocenters. The van der Waals surface area contributed by atoms with Gasteiger partial charge in [-0.1, -0.05) is 11.2 Å². The Bertz CT molecular complexity index is 1310. The number of benzene rings is 1. The molecule has 0 aliphatic heterocycles. The van der Waals surface area contributed by atoms with Crippen molar-refractivity contribution in [1.82, 2.24) is 30.1 Å². The molecule has 9 heteroatoms. The van der Waals surface area contributed by atoms with Gasteiger partial charge in [0.05, 0.1) is 23.8 Å². The zero-order chi connectivity index (χ0) is 20.5. The van der Waals surface area contributed by atoms with E-state index < -0.39 is 0 Å². The van der Waals surface area contributed by atoms with Crippen LogP contribution in [0.15, 0.2) is 59.4 Å². The molecule has 4 heterocycles. The molecule has 0 spiro atoms. The number of aliphatic hydroxyl groups is 1. The van der Waals surface area contributed by atoms with Crippen molar-refractivity contribution in [3.05, 3.63) is 66.3 Å². The van der Waals surface area contributed by atoms with Crippen LogP contribution < -0.4 is 4.74 Å². The lowest BCUT2D eigenvalue weighted by atomic mass is 10.2. The minimum Gasteiger partial charge on any atom is -0.455 e. The number of H-pyrrole nitrogens is 1. The Kier molecular flexibility index (Phi) is 4.41. The van der Waals surface area contributed by atoms with Gasteiger partial charge in [-0.25, -0.2) is 9.97 Å². The molecule has 5 rings (SSSR count). The quantitative estimate of drug-likeness (QED) is 0.458. The van der Waals surface area contributed by atoms with Crippen molar-refractivity contribution in [3.63, 3.8) is 0 Å². The fourth-order valence-corrected chi connectivity index (χ4v) is 3.03. The first-order valence-electron chi connectivity index (χ1n) is 9.19. The van der Waals surface area contributed by atoms with Crippen LogP contribution in [0.25, 0.3) is 34.1 Å². The number of fused-ring (bicyclic) bond motifs is 1. The van der Waals surface area contributed by atoms with Crippen molar-refractivity contribution in [2.24, 2.45) is 0 Å². The predicted octanol–water partition coefficient (Wildman–Crippen LogP) is 3.66. The van der Waals surface area contributed by atoms with Crippen molar-refractivity contribution in [2.45, 2.75) is 13.5 Å². The van der Waals surface area contributed by atoms with Gasteiger partial charge in [0.2, 0.25) is 11.7 Å². The van der Waals surface area contributed by atoms with Crippen LogP contribution in [-0.2, 0) is 6.61 Å². The van der Waals surface area contributed by atoms with Gasteiger partial charge in [0.15, 0.2) is 5.82 Å². The highest BCUT2D eigenvalue weighted by atomic mass is 16.5. The Balaban J connectivity index is 1.46. The predicted molar refractivity (Wildman–Crippen MR) is 108 cm³/mol. The van der Waals surface area contributed by atoms with Crippen LogP contribution in [0.2, 0.25) is 0 Å². The minimum atomic E-state index is -0.184. The van der Waals surface area contributed by atoms with Crippen LogP contribution in [0.3, 0.4) is 0 Å². The summed E-state index contributed by atoms with van der Waals surface area (Å²) in [6.45, 7) is 1.53. The molecule has 2 N–H and O–H groups in total. The molecule has 5 aromatic rings. The van der Waals surface area contributed by atoms with Gasteiger partial charge in [-0.15, -0.1) is 0 Å². The van der Waals surface area contributed by atoms with E-state index in [1.54, 1.807) is 37.5 Å². The van der Waals surface area contributed by atoms with Crippen LogP contribution >= 0.6 is 0 Å². The van der Waals surface area contributed by atoms with Gasteiger partial charge in [0.25, 0.3) is 0 Å². The molecule has 0 fully saturated rings. The number of ether oxygens (including phenoxy) is 1. The standard InChI is InChI=1S/C21H16N6O3/c1-12-24-21(27-30-12)16-6-5-14(10-23-16)29-19-9-18-17(8-13(19)11-28)25-20(26-18)15-4-2-3-7-22-15/h2-10,28H,11H2,1H3,(H,25,26).